The Labute approximate surface area is 170 Å². The predicted molar refractivity (Wildman–Crippen MR) is 107 cm³/mol. The lowest BCUT2D eigenvalue weighted by Gasteiger charge is -2.47. The number of hydrogen-bond acceptors (Lipinski definition) is 3. The van der Waals surface area contributed by atoms with Crippen LogP contribution in [0, 0.1) is 5.41 Å². The molecule has 2 saturated heterocycles. The van der Waals surface area contributed by atoms with Crippen molar-refractivity contribution in [3.63, 3.8) is 0 Å². The highest BCUT2D eigenvalue weighted by Gasteiger charge is 2.42. The minimum absolute atomic E-state index is 0.0193. The number of hydrogen-bond donors (Lipinski definition) is 0. The van der Waals surface area contributed by atoms with Gasteiger partial charge in [-0.1, -0.05) is 36.4 Å². The van der Waals surface area contributed by atoms with E-state index in [1.807, 2.05) is 23.1 Å². The first-order valence-corrected chi connectivity index (χ1v) is 10.2. The van der Waals surface area contributed by atoms with Gasteiger partial charge in [0, 0.05) is 45.0 Å². The molecule has 29 heavy (non-hydrogen) atoms. The van der Waals surface area contributed by atoms with E-state index >= 15 is 0 Å². The molecule has 1 atom stereocenters. The normalized spacial score (nSPS) is 20.0. The highest BCUT2D eigenvalue weighted by Crippen LogP contribution is 2.41. The Morgan fingerprint density at radius 3 is 2.55 bits per heavy atom. The number of halogens is 1. The maximum Gasteiger partial charge on any atom is 0.261 e. The molecule has 1 aromatic carbocycles. The van der Waals surface area contributed by atoms with E-state index in [2.05, 4.69) is 4.98 Å². The second-order valence-electron chi connectivity index (χ2n) is 8.21. The fraction of sp³-hybridized carbons (Fsp3) is 0.435. The van der Waals surface area contributed by atoms with Crippen LogP contribution in [0.1, 0.15) is 43.0 Å². The van der Waals surface area contributed by atoms with Crippen LogP contribution in [0.15, 0.2) is 54.9 Å². The average Bonchev–Trinajstić information content (AvgIpc) is 2.77. The summed E-state index contributed by atoms with van der Waals surface area (Å²) in [5.74, 6) is -0.281. The van der Waals surface area contributed by atoms with Gasteiger partial charge in [-0.15, -0.1) is 0 Å². The molecule has 2 amide bonds. The molecular formula is C23H26FN3O2. The Balaban J connectivity index is 1.37. The van der Waals surface area contributed by atoms with Gasteiger partial charge in [0.15, 0.2) is 0 Å². The molecule has 0 unspecified atom stereocenters. The second-order valence-corrected chi connectivity index (χ2v) is 8.21. The monoisotopic (exact) mass is 395 g/mol. The summed E-state index contributed by atoms with van der Waals surface area (Å²) in [5, 5.41) is 0. The molecule has 2 aromatic rings. The Kier molecular flexibility index (Phi) is 5.60. The van der Waals surface area contributed by atoms with E-state index in [1.165, 1.54) is 0 Å². The third-order valence-corrected chi connectivity index (χ3v) is 6.29. The molecule has 1 aromatic heterocycles. The Hall–Kier alpha value is -2.76. The van der Waals surface area contributed by atoms with Crippen molar-refractivity contribution in [3.05, 3.63) is 66.0 Å². The molecule has 0 aliphatic carbocycles. The smallest absolute Gasteiger partial charge is 0.261 e. The molecule has 6 heteroatoms. The Morgan fingerprint density at radius 1 is 1.10 bits per heavy atom. The number of benzene rings is 1. The van der Waals surface area contributed by atoms with Crippen LogP contribution in [0.3, 0.4) is 0 Å². The van der Waals surface area contributed by atoms with Gasteiger partial charge in [-0.2, -0.15) is 0 Å². The molecule has 5 nitrogen and oxygen atoms in total. The average molecular weight is 395 g/mol. The van der Waals surface area contributed by atoms with Crippen molar-refractivity contribution in [2.24, 2.45) is 5.41 Å². The van der Waals surface area contributed by atoms with E-state index in [1.54, 1.807) is 41.6 Å². The van der Waals surface area contributed by atoms with Crippen LogP contribution in [0.4, 0.5) is 4.39 Å². The second kappa shape index (κ2) is 8.31. The SMILES string of the molecule is O=C1CCC2(CCN(C(=O)[C@H](F)c3ccccc3)CC2)CN1Cc1cccnc1. The van der Waals surface area contributed by atoms with Crippen molar-refractivity contribution >= 4 is 11.8 Å². The highest BCUT2D eigenvalue weighted by molar-refractivity contribution is 5.82. The quantitative estimate of drug-likeness (QED) is 0.796. The van der Waals surface area contributed by atoms with Gasteiger partial charge < -0.3 is 9.80 Å². The van der Waals surface area contributed by atoms with Crippen molar-refractivity contribution in [1.29, 1.82) is 0 Å². The molecule has 0 radical (unpaired) electrons. The number of rotatable bonds is 4. The zero-order chi connectivity index (χ0) is 20.3. The van der Waals surface area contributed by atoms with E-state index < -0.39 is 12.1 Å². The number of piperidine rings is 2. The number of alkyl halides is 1. The van der Waals surface area contributed by atoms with Crippen molar-refractivity contribution in [2.45, 2.75) is 38.4 Å². The van der Waals surface area contributed by atoms with E-state index in [9.17, 15) is 14.0 Å². The molecular weight excluding hydrogens is 369 g/mol. The van der Waals surface area contributed by atoms with E-state index in [4.69, 9.17) is 0 Å². The maximum absolute atomic E-state index is 14.7. The van der Waals surface area contributed by atoms with Crippen LogP contribution < -0.4 is 0 Å². The fourth-order valence-corrected chi connectivity index (χ4v) is 4.49. The molecule has 3 heterocycles. The van der Waals surface area contributed by atoms with Gasteiger partial charge in [0.25, 0.3) is 5.91 Å². The number of carbonyl (C=O) groups is 2. The lowest BCUT2D eigenvalue weighted by atomic mass is 9.72. The minimum Gasteiger partial charge on any atom is -0.340 e. The van der Waals surface area contributed by atoms with Crippen LogP contribution in [0.25, 0.3) is 0 Å². The molecule has 1 spiro atoms. The zero-order valence-electron chi connectivity index (χ0n) is 16.5. The molecule has 2 aliphatic rings. The summed E-state index contributed by atoms with van der Waals surface area (Å²) >= 11 is 0. The summed E-state index contributed by atoms with van der Waals surface area (Å²) in [6.07, 6.45) is 4.89. The first kappa shape index (κ1) is 19.6. The van der Waals surface area contributed by atoms with Crippen molar-refractivity contribution < 1.29 is 14.0 Å². The summed E-state index contributed by atoms with van der Waals surface area (Å²) in [6, 6.07) is 12.5. The lowest BCUT2D eigenvalue weighted by molar-refractivity contribution is -0.145. The van der Waals surface area contributed by atoms with Gasteiger partial charge in [0.1, 0.15) is 0 Å². The van der Waals surface area contributed by atoms with Crippen LogP contribution in [-0.4, -0.2) is 46.2 Å². The molecule has 0 N–H and O–H groups in total. The first-order valence-electron chi connectivity index (χ1n) is 10.2. The van der Waals surface area contributed by atoms with Gasteiger partial charge in [-0.3, -0.25) is 14.6 Å². The summed E-state index contributed by atoms with van der Waals surface area (Å²) in [7, 11) is 0. The van der Waals surface area contributed by atoms with Crippen molar-refractivity contribution in [3.8, 4) is 0 Å². The van der Waals surface area contributed by atoms with Gasteiger partial charge in [-0.05, 0) is 41.9 Å². The molecule has 4 rings (SSSR count). The van der Waals surface area contributed by atoms with Crippen LogP contribution in [0.5, 0.6) is 0 Å². The van der Waals surface area contributed by atoms with Crippen molar-refractivity contribution in [1.82, 2.24) is 14.8 Å². The first-order chi connectivity index (χ1) is 14.1. The number of amides is 2. The van der Waals surface area contributed by atoms with E-state index in [0.717, 1.165) is 24.8 Å². The summed E-state index contributed by atoms with van der Waals surface area (Å²) in [5.41, 5.74) is 1.45. The van der Waals surface area contributed by atoms with Gasteiger partial charge in [0.2, 0.25) is 12.1 Å². The van der Waals surface area contributed by atoms with Crippen LogP contribution in [-0.2, 0) is 16.1 Å². The number of likely N-dealkylation sites (tertiary alicyclic amines) is 2. The minimum atomic E-state index is -1.61. The summed E-state index contributed by atoms with van der Waals surface area (Å²) < 4.78 is 14.7. The van der Waals surface area contributed by atoms with Gasteiger partial charge >= 0.3 is 0 Å². The summed E-state index contributed by atoms with van der Waals surface area (Å²) in [6.45, 7) is 2.35. The number of carbonyl (C=O) groups excluding carboxylic acids is 2. The third-order valence-electron chi connectivity index (χ3n) is 6.29. The molecule has 152 valence electrons. The lowest BCUT2D eigenvalue weighted by Crippen LogP contribution is -2.52. The third kappa shape index (κ3) is 4.31. The van der Waals surface area contributed by atoms with E-state index in [0.29, 0.717) is 38.2 Å². The number of aromatic nitrogens is 1. The Morgan fingerprint density at radius 2 is 1.86 bits per heavy atom. The Bertz CT molecular complexity index is 851. The van der Waals surface area contributed by atoms with E-state index in [-0.39, 0.29) is 11.3 Å². The van der Waals surface area contributed by atoms with Gasteiger partial charge in [-0.25, -0.2) is 4.39 Å². The predicted octanol–water partition coefficient (Wildman–Crippen LogP) is 3.52. The van der Waals surface area contributed by atoms with Crippen LogP contribution >= 0.6 is 0 Å². The molecule has 2 aliphatic heterocycles. The largest absolute Gasteiger partial charge is 0.340 e. The molecule has 0 bridgehead atoms. The number of pyridine rings is 1. The van der Waals surface area contributed by atoms with Gasteiger partial charge in [0.05, 0.1) is 0 Å². The van der Waals surface area contributed by atoms with Crippen molar-refractivity contribution in [2.75, 3.05) is 19.6 Å². The van der Waals surface area contributed by atoms with Crippen LogP contribution in [0.2, 0.25) is 0 Å². The standard InChI is InChI=1S/C23H26FN3O2/c24-21(19-6-2-1-3-7-19)22(29)26-13-10-23(11-14-26)9-8-20(28)27(17-23)16-18-5-4-12-25-15-18/h1-7,12,15,21H,8-11,13-14,16-17H2/t21-/m1/s1. The number of nitrogens with zero attached hydrogens (tertiary/aromatic N) is 3. The zero-order valence-corrected chi connectivity index (χ0v) is 16.5. The topological polar surface area (TPSA) is 53.5 Å². The maximum atomic E-state index is 14.7. The molecule has 2 fully saturated rings. The molecule has 0 saturated carbocycles. The fourth-order valence-electron chi connectivity index (χ4n) is 4.49. The summed E-state index contributed by atoms with van der Waals surface area (Å²) in [4.78, 5) is 32.7. The highest BCUT2D eigenvalue weighted by atomic mass is 19.1.